The number of benzene rings is 1. The van der Waals surface area contributed by atoms with E-state index in [1.165, 1.54) is 5.56 Å². The lowest BCUT2D eigenvalue weighted by atomic mass is 9.56. The van der Waals surface area contributed by atoms with Gasteiger partial charge in [-0.2, -0.15) is 0 Å². The summed E-state index contributed by atoms with van der Waals surface area (Å²) in [7, 11) is 2.01. The molecule has 1 aromatic rings. The van der Waals surface area contributed by atoms with Crippen molar-refractivity contribution in [2.24, 2.45) is 5.41 Å². The van der Waals surface area contributed by atoms with Crippen LogP contribution in [-0.4, -0.2) is 13.1 Å². The summed E-state index contributed by atoms with van der Waals surface area (Å²) in [6.45, 7) is 6.57. The van der Waals surface area contributed by atoms with Gasteiger partial charge in [-0.1, -0.05) is 19.9 Å². The molecule has 1 N–H and O–H groups in total. The van der Waals surface area contributed by atoms with Gasteiger partial charge in [0.15, 0.2) is 0 Å². The number of rotatable bonds is 2. The minimum atomic E-state index is -0.136. The summed E-state index contributed by atoms with van der Waals surface area (Å²) in [5.41, 5.74) is 2.64. The largest absolute Gasteiger partial charge is 0.316 e. The van der Waals surface area contributed by atoms with Crippen LogP contribution in [0.3, 0.4) is 0 Å². The highest BCUT2D eigenvalue weighted by Gasteiger charge is 2.48. The Kier molecular flexibility index (Phi) is 2.79. The van der Waals surface area contributed by atoms with Crippen LogP contribution in [0.4, 0.5) is 4.39 Å². The van der Waals surface area contributed by atoms with Gasteiger partial charge in [0, 0.05) is 6.04 Å². The molecule has 1 aliphatic carbocycles. The van der Waals surface area contributed by atoms with Crippen LogP contribution >= 0.6 is 0 Å². The second-order valence-corrected chi connectivity index (χ2v) is 5.45. The molecule has 1 nitrogen and oxygen atoms in total. The summed E-state index contributed by atoms with van der Waals surface area (Å²) in [6.07, 6.45) is 1.15. The van der Waals surface area contributed by atoms with Gasteiger partial charge in [-0.3, -0.25) is 0 Å². The van der Waals surface area contributed by atoms with Crippen molar-refractivity contribution in [2.45, 2.75) is 39.2 Å². The van der Waals surface area contributed by atoms with E-state index in [1.54, 1.807) is 12.1 Å². The van der Waals surface area contributed by atoms with Crippen LogP contribution in [0.5, 0.6) is 0 Å². The summed E-state index contributed by atoms with van der Waals surface area (Å²) < 4.78 is 13.1. The molecule has 2 heteroatoms. The number of aryl methyl sites for hydroxylation is 1. The first-order chi connectivity index (χ1) is 7.46. The monoisotopic (exact) mass is 221 g/mol. The van der Waals surface area contributed by atoms with Gasteiger partial charge in [0.1, 0.15) is 5.82 Å². The molecule has 2 rings (SSSR count). The molecule has 0 saturated heterocycles. The SMILES string of the molecule is CNC1CC(c2ccc(F)cc2C)C1(C)C. The molecule has 1 aliphatic rings. The molecular weight excluding hydrogens is 201 g/mol. The van der Waals surface area contributed by atoms with Crippen molar-refractivity contribution >= 4 is 0 Å². The maximum absolute atomic E-state index is 13.1. The highest BCUT2D eigenvalue weighted by Crippen LogP contribution is 2.52. The fourth-order valence-corrected chi connectivity index (χ4v) is 2.97. The Labute approximate surface area is 97.1 Å². The van der Waals surface area contributed by atoms with E-state index >= 15 is 0 Å². The molecule has 0 heterocycles. The molecule has 16 heavy (non-hydrogen) atoms. The van der Waals surface area contributed by atoms with Crippen molar-refractivity contribution in [3.05, 3.63) is 35.1 Å². The van der Waals surface area contributed by atoms with Crippen LogP contribution in [0.25, 0.3) is 0 Å². The maximum atomic E-state index is 13.1. The normalized spacial score (nSPS) is 27.6. The number of halogens is 1. The van der Waals surface area contributed by atoms with Gasteiger partial charge in [-0.25, -0.2) is 4.39 Å². The Morgan fingerprint density at radius 1 is 1.38 bits per heavy atom. The van der Waals surface area contributed by atoms with Gasteiger partial charge < -0.3 is 5.32 Å². The van der Waals surface area contributed by atoms with Crippen LogP contribution in [0, 0.1) is 18.2 Å². The topological polar surface area (TPSA) is 12.0 Å². The number of nitrogens with one attached hydrogen (secondary N) is 1. The van der Waals surface area contributed by atoms with E-state index in [4.69, 9.17) is 0 Å². The van der Waals surface area contributed by atoms with Gasteiger partial charge in [0.2, 0.25) is 0 Å². The Morgan fingerprint density at radius 3 is 2.56 bits per heavy atom. The summed E-state index contributed by atoms with van der Waals surface area (Å²) in [5, 5.41) is 3.35. The molecule has 0 radical (unpaired) electrons. The lowest BCUT2D eigenvalue weighted by Gasteiger charge is -2.53. The lowest BCUT2D eigenvalue weighted by Crippen LogP contribution is -2.54. The van der Waals surface area contributed by atoms with E-state index in [0.717, 1.165) is 12.0 Å². The standard InChI is InChI=1S/C14H20FN/c1-9-7-10(15)5-6-11(9)12-8-13(16-4)14(12,2)3/h5-7,12-13,16H,8H2,1-4H3. The molecule has 1 fully saturated rings. The smallest absolute Gasteiger partial charge is 0.123 e. The van der Waals surface area contributed by atoms with Crippen LogP contribution in [0.15, 0.2) is 18.2 Å². The molecule has 0 aromatic heterocycles. The summed E-state index contributed by atoms with van der Waals surface area (Å²) in [4.78, 5) is 0. The highest BCUT2D eigenvalue weighted by atomic mass is 19.1. The van der Waals surface area contributed by atoms with Gasteiger partial charge in [-0.15, -0.1) is 0 Å². The first-order valence-corrected chi connectivity index (χ1v) is 5.90. The fraction of sp³-hybridized carbons (Fsp3) is 0.571. The molecule has 0 spiro atoms. The Bertz CT molecular complexity index is 398. The van der Waals surface area contributed by atoms with E-state index in [0.29, 0.717) is 12.0 Å². The lowest BCUT2D eigenvalue weighted by molar-refractivity contribution is 0.0747. The van der Waals surface area contributed by atoms with Crippen molar-refractivity contribution in [1.82, 2.24) is 5.32 Å². The molecule has 2 atom stereocenters. The predicted octanol–water partition coefficient (Wildman–Crippen LogP) is 3.24. The molecule has 2 unspecified atom stereocenters. The van der Waals surface area contributed by atoms with E-state index in [-0.39, 0.29) is 11.2 Å². The second kappa shape index (κ2) is 3.85. The average molecular weight is 221 g/mol. The molecule has 0 amide bonds. The Morgan fingerprint density at radius 2 is 2.06 bits per heavy atom. The molecule has 0 bridgehead atoms. The van der Waals surface area contributed by atoms with Crippen molar-refractivity contribution in [3.63, 3.8) is 0 Å². The maximum Gasteiger partial charge on any atom is 0.123 e. The predicted molar refractivity (Wildman–Crippen MR) is 65.1 cm³/mol. The first kappa shape index (κ1) is 11.6. The number of hydrogen-bond acceptors (Lipinski definition) is 1. The Balaban J connectivity index is 2.27. The van der Waals surface area contributed by atoms with E-state index in [2.05, 4.69) is 19.2 Å². The molecule has 0 aliphatic heterocycles. The first-order valence-electron chi connectivity index (χ1n) is 5.90. The second-order valence-electron chi connectivity index (χ2n) is 5.45. The van der Waals surface area contributed by atoms with Crippen molar-refractivity contribution < 1.29 is 4.39 Å². The van der Waals surface area contributed by atoms with Crippen LogP contribution in [0.1, 0.15) is 37.3 Å². The quantitative estimate of drug-likeness (QED) is 0.808. The van der Waals surface area contributed by atoms with Crippen LogP contribution < -0.4 is 5.32 Å². The third-order valence-electron chi connectivity index (χ3n) is 4.22. The zero-order chi connectivity index (χ0) is 11.9. The average Bonchev–Trinajstić information content (AvgIpc) is 2.20. The van der Waals surface area contributed by atoms with E-state index in [9.17, 15) is 4.39 Å². The minimum Gasteiger partial charge on any atom is -0.316 e. The van der Waals surface area contributed by atoms with Crippen molar-refractivity contribution in [1.29, 1.82) is 0 Å². The zero-order valence-electron chi connectivity index (χ0n) is 10.5. The van der Waals surface area contributed by atoms with Gasteiger partial charge in [0.05, 0.1) is 0 Å². The van der Waals surface area contributed by atoms with E-state index in [1.807, 2.05) is 20.0 Å². The molecule has 1 saturated carbocycles. The Hall–Kier alpha value is -0.890. The third kappa shape index (κ3) is 1.65. The van der Waals surface area contributed by atoms with Crippen molar-refractivity contribution in [2.75, 3.05) is 7.05 Å². The fourth-order valence-electron chi connectivity index (χ4n) is 2.97. The molecule has 88 valence electrons. The van der Waals surface area contributed by atoms with Crippen LogP contribution in [0.2, 0.25) is 0 Å². The highest BCUT2D eigenvalue weighted by molar-refractivity contribution is 5.34. The summed E-state index contributed by atoms with van der Waals surface area (Å²) in [6, 6.07) is 5.73. The van der Waals surface area contributed by atoms with Gasteiger partial charge in [0.25, 0.3) is 0 Å². The van der Waals surface area contributed by atoms with E-state index < -0.39 is 0 Å². The van der Waals surface area contributed by atoms with Gasteiger partial charge in [-0.05, 0) is 55.0 Å². The van der Waals surface area contributed by atoms with Gasteiger partial charge >= 0.3 is 0 Å². The zero-order valence-corrected chi connectivity index (χ0v) is 10.5. The van der Waals surface area contributed by atoms with Crippen LogP contribution in [-0.2, 0) is 0 Å². The molecule has 1 aromatic carbocycles. The summed E-state index contributed by atoms with van der Waals surface area (Å²) in [5.74, 6) is 0.411. The minimum absolute atomic E-state index is 0.136. The summed E-state index contributed by atoms with van der Waals surface area (Å²) >= 11 is 0. The van der Waals surface area contributed by atoms with Crippen molar-refractivity contribution in [3.8, 4) is 0 Å². The molecular formula is C14H20FN. The number of hydrogen-bond donors (Lipinski definition) is 1. The third-order valence-corrected chi connectivity index (χ3v) is 4.22.